The Morgan fingerprint density at radius 1 is 1.23 bits per heavy atom. The van der Waals surface area contributed by atoms with Gasteiger partial charge < -0.3 is 15.5 Å². The maximum atomic E-state index is 11.8. The van der Waals surface area contributed by atoms with Crippen LogP contribution in [-0.2, 0) is 4.79 Å². The number of likely N-dealkylation sites (N-methyl/N-ethyl adjacent to an activating group) is 1. The molecule has 1 aliphatic carbocycles. The highest BCUT2D eigenvalue weighted by molar-refractivity contribution is 14.0. The number of amides is 1. The van der Waals surface area contributed by atoms with E-state index < -0.39 is 0 Å². The molecule has 0 saturated heterocycles. The van der Waals surface area contributed by atoms with Gasteiger partial charge in [-0.1, -0.05) is 49.6 Å². The third kappa shape index (κ3) is 7.51. The highest BCUT2D eigenvalue weighted by Gasteiger charge is 2.17. The zero-order valence-corrected chi connectivity index (χ0v) is 18.7. The standard InChI is InChI=1S/C20H32N4O.HI/c1-15-9-11-17(12-10-15)16(2)13-21-20(22-14-19(25)24(3)4)23-18-7-5-6-8-18;/h9-12,16,18H,5-8,13-14H2,1-4H3,(H2,21,22,23);1H. The van der Waals surface area contributed by atoms with E-state index in [4.69, 9.17) is 0 Å². The molecule has 1 unspecified atom stereocenters. The number of carbonyl (C=O) groups excluding carboxylic acids is 1. The second kappa shape index (κ2) is 11.4. The SMILES string of the molecule is Cc1ccc(C(C)CNC(=NCC(=O)N(C)C)NC2CCCC2)cc1.I. The van der Waals surface area contributed by atoms with Crippen LogP contribution < -0.4 is 10.6 Å². The number of halogens is 1. The molecule has 1 aromatic carbocycles. The first kappa shape index (κ1) is 22.7. The molecule has 1 saturated carbocycles. The van der Waals surface area contributed by atoms with Crippen molar-refractivity contribution in [2.24, 2.45) is 4.99 Å². The Hall–Kier alpha value is -1.31. The number of benzene rings is 1. The number of aryl methyl sites for hydroxylation is 1. The molecule has 2 rings (SSSR count). The molecule has 1 amide bonds. The van der Waals surface area contributed by atoms with E-state index in [9.17, 15) is 4.79 Å². The summed E-state index contributed by atoms with van der Waals surface area (Å²) >= 11 is 0. The van der Waals surface area contributed by atoms with E-state index in [-0.39, 0.29) is 36.4 Å². The van der Waals surface area contributed by atoms with Gasteiger partial charge in [-0.15, -0.1) is 24.0 Å². The monoisotopic (exact) mass is 472 g/mol. The van der Waals surface area contributed by atoms with Crippen molar-refractivity contribution >= 4 is 35.8 Å². The fourth-order valence-electron chi connectivity index (χ4n) is 2.97. The zero-order valence-electron chi connectivity index (χ0n) is 16.4. The predicted octanol–water partition coefficient (Wildman–Crippen LogP) is 3.28. The van der Waals surface area contributed by atoms with Crippen molar-refractivity contribution < 1.29 is 4.79 Å². The van der Waals surface area contributed by atoms with E-state index in [1.807, 2.05) is 0 Å². The Balaban J connectivity index is 0.00000338. The van der Waals surface area contributed by atoms with Crippen LogP contribution in [-0.4, -0.2) is 50.0 Å². The molecule has 5 nitrogen and oxygen atoms in total. The number of nitrogens with one attached hydrogen (secondary N) is 2. The van der Waals surface area contributed by atoms with Gasteiger partial charge in [0.15, 0.2) is 5.96 Å². The minimum Gasteiger partial charge on any atom is -0.356 e. The molecule has 1 atom stereocenters. The summed E-state index contributed by atoms with van der Waals surface area (Å²) in [7, 11) is 3.52. The molecule has 0 aliphatic heterocycles. The topological polar surface area (TPSA) is 56.7 Å². The van der Waals surface area contributed by atoms with Gasteiger partial charge in [0.05, 0.1) is 0 Å². The smallest absolute Gasteiger partial charge is 0.243 e. The van der Waals surface area contributed by atoms with Gasteiger partial charge >= 0.3 is 0 Å². The summed E-state index contributed by atoms with van der Waals surface area (Å²) in [4.78, 5) is 17.9. The Kier molecular flexibility index (Phi) is 9.98. The third-order valence-corrected chi connectivity index (χ3v) is 4.79. The van der Waals surface area contributed by atoms with Crippen LogP contribution in [0, 0.1) is 6.92 Å². The van der Waals surface area contributed by atoms with Crippen molar-refractivity contribution in [3.8, 4) is 0 Å². The maximum absolute atomic E-state index is 11.8. The average Bonchev–Trinajstić information content (AvgIpc) is 3.10. The van der Waals surface area contributed by atoms with Crippen LogP contribution in [0.5, 0.6) is 0 Å². The first-order chi connectivity index (χ1) is 12.0. The molecule has 2 N–H and O–H groups in total. The Labute approximate surface area is 175 Å². The van der Waals surface area contributed by atoms with Crippen molar-refractivity contribution in [2.45, 2.75) is 51.5 Å². The van der Waals surface area contributed by atoms with Gasteiger partial charge in [-0.05, 0) is 31.2 Å². The summed E-state index contributed by atoms with van der Waals surface area (Å²) < 4.78 is 0. The molecular weight excluding hydrogens is 439 g/mol. The van der Waals surface area contributed by atoms with Crippen LogP contribution in [0.15, 0.2) is 29.3 Å². The molecule has 0 aromatic heterocycles. The van der Waals surface area contributed by atoms with E-state index in [2.05, 4.69) is 53.7 Å². The van der Waals surface area contributed by atoms with Crippen molar-refractivity contribution in [3.63, 3.8) is 0 Å². The quantitative estimate of drug-likeness (QED) is 0.380. The second-order valence-corrected chi connectivity index (χ2v) is 7.27. The van der Waals surface area contributed by atoms with Crippen molar-refractivity contribution in [1.82, 2.24) is 15.5 Å². The van der Waals surface area contributed by atoms with Crippen LogP contribution >= 0.6 is 24.0 Å². The lowest BCUT2D eigenvalue weighted by molar-refractivity contribution is -0.127. The summed E-state index contributed by atoms with van der Waals surface area (Å²) in [5.74, 6) is 1.14. The lowest BCUT2D eigenvalue weighted by atomic mass is 10.0. The summed E-state index contributed by atoms with van der Waals surface area (Å²) in [6, 6.07) is 9.12. The summed E-state index contributed by atoms with van der Waals surface area (Å²) in [6.07, 6.45) is 4.88. The molecular formula is C20H33IN4O. The molecule has 1 aliphatic rings. The normalized spacial score (nSPS) is 15.9. The largest absolute Gasteiger partial charge is 0.356 e. The molecule has 0 heterocycles. The predicted molar refractivity (Wildman–Crippen MR) is 119 cm³/mol. The first-order valence-corrected chi connectivity index (χ1v) is 9.27. The number of nitrogens with zero attached hydrogens (tertiary/aromatic N) is 2. The van der Waals surface area contributed by atoms with Gasteiger partial charge in [-0.25, -0.2) is 4.99 Å². The van der Waals surface area contributed by atoms with Gasteiger partial charge in [0.2, 0.25) is 5.91 Å². The molecule has 1 fully saturated rings. The highest BCUT2D eigenvalue weighted by Crippen LogP contribution is 2.18. The fourth-order valence-corrected chi connectivity index (χ4v) is 2.97. The van der Waals surface area contributed by atoms with Crippen LogP contribution in [0.25, 0.3) is 0 Å². The number of guanidine groups is 1. The summed E-state index contributed by atoms with van der Waals surface area (Å²) in [5.41, 5.74) is 2.58. The first-order valence-electron chi connectivity index (χ1n) is 9.27. The van der Waals surface area contributed by atoms with E-state index in [1.165, 1.54) is 36.8 Å². The lowest BCUT2D eigenvalue weighted by Gasteiger charge is -2.20. The second-order valence-electron chi connectivity index (χ2n) is 7.27. The third-order valence-electron chi connectivity index (χ3n) is 4.79. The molecule has 1 aromatic rings. The van der Waals surface area contributed by atoms with Gasteiger partial charge in [-0.2, -0.15) is 0 Å². The van der Waals surface area contributed by atoms with Crippen molar-refractivity contribution in [1.29, 1.82) is 0 Å². The van der Waals surface area contributed by atoms with Crippen LogP contribution in [0.1, 0.15) is 49.7 Å². The number of hydrogen-bond donors (Lipinski definition) is 2. The van der Waals surface area contributed by atoms with Crippen LogP contribution in [0.3, 0.4) is 0 Å². The van der Waals surface area contributed by atoms with Crippen LogP contribution in [0.2, 0.25) is 0 Å². The fraction of sp³-hybridized carbons (Fsp3) is 0.600. The van der Waals surface area contributed by atoms with Gasteiger partial charge in [0.1, 0.15) is 6.54 Å². The van der Waals surface area contributed by atoms with E-state index in [0.29, 0.717) is 12.0 Å². The number of hydrogen-bond acceptors (Lipinski definition) is 2. The molecule has 0 bridgehead atoms. The lowest BCUT2D eigenvalue weighted by Crippen LogP contribution is -2.44. The molecule has 0 radical (unpaired) electrons. The maximum Gasteiger partial charge on any atom is 0.243 e. The molecule has 0 spiro atoms. The number of aliphatic imine (C=N–C) groups is 1. The minimum atomic E-state index is 0. The summed E-state index contributed by atoms with van der Waals surface area (Å²) in [5, 5.41) is 6.92. The highest BCUT2D eigenvalue weighted by atomic mass is 127. The van der Waals surface area contributed by atoms with E-state index >= 15 is 0 Å². The number of rotatable bonds is 6. The van der Waals surface area contributed by atoms with Crippen molar-refractivity contribution in [3.05, 3.63) is 35.4 Å². The average molecular weight is 472 g/mol. The number of carbonyl (C=O) groups is 1. The van der Waals surface area contributed by atoms with E-state index in [0.717, 1.165) is 12.5 Å². The Morgan fingerprint density at radius 2 is 1.85 bits per heavy atom. The van der Waals surface area contributed by atoms with Gasteiger partial charge in [0, 0.05) is 26.7 Å². The zero-order chi connectivity index (χ0) is 18.2. The molecule has 146 valence electrons. The Bertz CT molecular complexity index is 580. The Morgan fingerprint density at radius 3 is 2.42 bits per heavy atom. The molecule has 26 heavy (non-hydrogen) atoms. The van der Waals surface area contributed by atoms with Gasteiger partial charge in [-0.3, -0.25) is 4.79 Å². The summed E-state index contributed by atoms with van der Waals surface area (Å²) in [6.45, 7) is 5.27. The van der Waals surface area contributed by atoms with Crippen molar-refractivity contribution in [2.75, 3.05) is 27.2 Å². The van der Waals surface area contributed by atoms with E-state index in [1.54, 1.807) is 19.0 Å². The minimum absolute atomic E-state index is 0. The van der Waals surface area contributed by atoms with Gasteiger partial charge in [0.25, 0.3) is 0 Å². The van der Waals surface area contributed by atoms with Crippen LogP contribution in [0.4, 0.5) is 0 Å². The molecule has 6 heteroatoms.